The van der Waals surface area contributed by atoms with Crippen LogP contribution in [0.4, 0.5) is 13.2 Å². The fourth-order valence-corrected chi connectivity index (χ4v) is 3.84. The first kappa shape index (κ1) is 15.6. The minimum Gasteiger partial charge on any atom is -0.388 e. The van der Waals surface area contributed by atoms with Crippen LogP contribution in [0.3, 0.4) is 0 Å². The Bertz CT molecular complexity index is 383. The lowest BCUT2D eigenvalue weighted by molar-refractivity contribution is -0.202. The number of alkyl halides is 3. The maximum Gasteiger partial charge on any atom is 0.391 e. The van der Waals surface area contributed by atoms with Crippen LogP contribution in [-0.4, -0.2) is 16.9 Å². The standard InChI is InChI=1S/C15H22F3NO/c1-11-2-6-13(10-19,7-3-11)14(20)8-4-12(5-9-14)15(16,17)18/h11-12,20H,2-9H2,1H3. The lowest BCUT2D eigenvalue weighted by Gasteiger charge is -2.49. The topological polar surface area (TPSA) is 44.0 Å². The normalized spacial score (nSPS) is 43.0. The lowest BCUT2D eigenvalue weighted by atomic mass is 9.57. The lowest BCUT2D eigenvalue weighted by Crippen LogP contribution is -2.52. The molecule has 0 aliphatic heterocycles. The fraction of sp³-hybridized carbons (Fsp3) is 0.933. The van der Waals surface area contributed by atoms with Crippen molar-refractivity contribution in [1.82, 2.24) is 0 Å². The third-order valence-electron chi connectivity index (χ3n) is 5.51. The van der Waals surface area contributed by atoms with Crippen LogP contribution in [0.2, 0.25) is 0 Å². The van der Waals surface area contributed by atoms with Crippen LogP contribution in [0.15, 0.2) is 0 Å². The van der Waals surface area contributed by atoms with Crippen molar-refractivity contribution in [3.8, 4) is 6.07 Å². The predicted octanol–water partition coefficient (Wildman–Crippen LogP) is 4.19. The molecule has 2 aliphatic carbocycles. The third-order valence-corrected chi connectivity index (χ3v) is 5.51. The molecule has 0 aromatic carbocycles. The van der Waals surface area contributed by atoms with E-state index in [2.05, 4.69) is 13.0 Å². The molecular weight excluding hydrogens is 267 g/mol. The van der Waals surface area contributed by atoms with E-state index >= 15 is 0 Å². The molecule has 0 aromatic rings. The molecule has 5 heteroatoms. The highest BCUT2D eigenvalue weighted by Gasteiger charge is 2.55. The Kier molecular flexibility index (Phi) is 4.07. The second-order valence-electron chi connectivity index (χ2n) is 6.72. The van der Waals surface area contributed by atoms with Crippen LogP contribution in [-0.2, 0) is 0 Å². The first-order chi connectivity index (χ1) is 9.22. The van der Waals surface area contributed by atoms with E-state index in [4.69, 9.17) is 0 Å². The average Bonchev–Trinajstić information content (AvgIpc) is 2.39. The van der Waals surface area contributed by atoms with Gasteiger partial charge < -0.3 is 5.11 Å². The number of hydrogen-bond acceptors (Lipinski definition) is 2. The zero-order valence-corrected chi connectivity index (χ0v) is 11.8. The van der Waals surface area contributed by atoms with Crippen LogP contribution in [0.5, 0.6) is 0 Å². The van der Waals surface area contributed by atoms with Crippen molar-refractivity contribution in [2.45, 2.75) is 70.1 Å². The van der Waals surface area contributed by atoms with E-state index in [-0.39, 0.29) is 25.7 Å². The van der Waals surface area contributed by atoms with Gasteiger partial charge in [-0.25, -0.2) is 0 Å². The summed E-state index contributed by atoms with van der Waals surface area (Å²) in [5, 5.41) is 20.4. The summed E-state index contributed by atoms with van der Waals surface area (Å²) < 4.78 is 38.2. The van der Waals surface area contributed by atoms with Gasteiger partial charge in [-0.05, 0) is 57.3 Å². The highest BCUT2D eigenvalue weighted by Crippen LogP contribution is 2.53. The van der Waals surface area contributed by atoms with Crippen molar-refractivity contribution in [3.05, 3.63) is 0 Å². The minimum atomic E-state index is -4.18. The Balaban J connectivity index is 2.10. The van der Waals surface area contributed by atoms with Crippen LogP contribution in [0.1, 0.15) is 58.3 Å². The van der Waals surface area contributed by atoms with Gasteiger partial charge in [0.05, 0.1) is 23.0 Å². The first-order valence-corrected chi connectivity index (χ1v) is 7.43. The molecule has 2 saturated carbocycles. The molecule has 0 atom stereocenters. The van der Waals surface area contributed by atoms with E-state index in [9.17, 15) is 23.5 Å². The zero-order valence-electron chi connectivity index (χ0n) is 11.8. The van der Waals surface area contributed by atoms with Crippen molar-refractivity contribution in [2.24, 2.45) is 17.3 Å². The SMILES string of the molecule is CC1CCC(C#N)(C2(O)CCC(C(F)(F)F)CC2)CC1. The van der Waals surface area contributed by atoms with E-state index in [0.717, 1.165) is 12.8 Å². The Hall–Kier alpha value is -0.760. The molecule has 0 saturated heterocycles. The average molecular weight is 289 g/mol. The van der Waals surface area contributed by atoms with Gasteiger partial charge in [-0.1, -0.05) is 6.92 Å². The third kappa shape index (κ3) is 2.67. The van der Waals surface area contributed by atoms with E-state index in [1.54, 1.807) is 0 Å². The molecule has 2 rings (SSSR count). The molecule has 2 nitrogen and oxygen atoms in total. The van der Waals surface area contributed by atoms with Gasteiger partial charge in [-0.2, -0.15) is 18.4 Å². The zero-order chi connectivity index (χ0) is 15.0. The van der Waals surface area contributed by atoms with E-state index in [1.165, 1.54) is 0 Å². The summed E-state index contributed by atoms with van der Waals surface area (Å²) >= 11 is 0. The van der Waals surface area contributed by atoms with Crippen LogP contribution < -0.4 is 0 Å². The molecule has 0 unspecified atom stereocenters. The molecule has 2 aliphatic rings. The monoisotopic (exact) mass is 289 g/mol. The van der Waals surface area contributed by atoms with Crippen LogP contribution >= 0.6 is 0 Å². The van der Waals surface area contributed by atoms with E-state index in [1.807, 2.05) is 0 Å². The maximum absolute atomic E-state index is 12.7. The smallest absolute Gasteiger partial charge is 0.388 e. The summed E-state index contributed by atoms with van der Waals surface area (Å²) in [4.78, 5) is 0. The molecule has 0 spiro atoms. The van der Waals surface area contributed by atoms with Crippen molar-refractivity contribution < 1.29 is 18.3 Å². The summed E-state index contributed by atoms with van der Waals surface area (Å²) in [6.45, 7) is 2.12. The first-order valence-electron chi connectivity index (χ1n) is 7.43. The van der Waals surface area contributed by atoms with Gasteiger partial charge in [0.2, 0.25) is 0 Å². The molecular formula is C15H22F3NO. The van der Waals surface area contributed by atoms with Gasteiger partial charge in [-0.3, -0.25) is 0 Å². The number of nitrogens with zero attached hydrogens (tertiary/aromatic N) is 1. The number of hydrogen-bond donors (Lipinski definition) is 1. The second kappa shape index (κ2) is 5.22. The molecule has 0 heterocycles. The summed E-state index contributed by atoms with van der Waals surface area (Å²) in [6, 6.07) is 2.27. The number of aliphatic hydroxyl groups is 1. The van der Waals surface area contributed by atoms with Crippen molar-refractivity contribution in [1.29, 1.82) is 5.26 Å². The molecule has 20 heavy (non-hydrogen) atoms. The number of rotatable bonds is 1. The summed E-state index contributed by atoms with van der Waals surface area (Å²) in [7, 11) is 0. The largest absolute Gasteiger partial charge is 0.391 e. The highest BCUT2D eigenvalue weighted by molar-refractivity contribution is 5.14. The van der Waals surface area contributed by atoms with Crippen molar-refractivity contribution in [3.63, 3.8) is 0 Å². The summed E-state index contributed by atoms with van der Waals surface area (Å²) in [5.41, 5.74) is -2.07. The van der Waals surface area contributed by atoms with Gasteiger partial charge in [0.15, 0.2) is 0 Å². The Labute approximate surface area is 118 Å². The Morgan fingerprint density at radius 2 is 1.55 bits per heavy atom. The summed E-state index contributed by atoms with van der Waals surface area (Å²) in [6.07, 6.45) is -1.13. The molecule has 0 aromatic heterocycles. The molecule has 0 bridgehead atoms. The second-order valence-corrected chi connectivity index (χ2v) is 6.72. The van der Waals surface area contributed by atoms with Gasteiger partial charge in [0.1, 0.15) is 0 Å². The summed E-state index contributed by atoms with van der Waals surface area (Å²) in [5.74, 6) is -0.785. The van der Waals surface area contributed by atoms with Crippen LogP contribution in [0, 0.1) is 28.6 Å². The van der Waals surface area contributed by atoms with E-state index < -0.39 is 23.1 Å². The molecule has 2 fully saturated rings. The van der Waals surface area contributed by atoms with Gasteiger partial charge >= 0.3 is 6.18 Å². The molecule has 0 radical (unpaired) electrons. The van der Waals surface area contributed by atoms with Gasteiger partial charge in [-0.15, -0.1) is 0 Å². The van der Waals surface area contributed by atoms with Gasteiger partial charge in [0.25, 0.3) is 0 Å². The van der Waals surface area contributed by atoms with E-state index in [0.29, 0.717) is 18.8 Å². The Morgan fingerprint density at radius 1 is 1.05 bits per heavy atom. The maximum atomic E-state index is 12.7. The van der Waals surface area contributed by atoms with Crippen LogP contribution in [0.25, 0.3) is 0 Å². The molecule has 0 amide bonds. The van der Waals surface area contributed by atoms with Crippen molar-refractivity contribution in [2.75, 3.05) is 0 Å². The minimum absolute atomic E-state index is 0.0566. The van der Waals surface area contributed by atoms with Crippen molar-refractivity contribution >= 4 is 0 Å². The molecule has 114 valence electrons. The molecule has 1 N–H and O–H groups in total. The fourth-order valence-electron chi connectivity index (χ4n) is 3.84. The number of nitriles is 1. The number of halogens is 3. The predicted molar refractivity (Wildman–Crippen MR) is 68.6 cm³/mol. The Morgan fingerprint density at radius 3 is 1.95 bits per heavy atom. The quantitative estimate of drug-likeness (QED) is 0.786. The highest BCUT2D eigenvalue weighted by atomic mass is 19.4. The van der Waals surface area contributed by atoms with Gasteiger partial charge in [0, 0.05) is 0 Å².